The predicted molar refractivity (Wildman–Crippen MR) is 205 cm³/mol. The lowest BCUT2D eigenvalue weighted by Crippen LogP contribution is -2.71. The number of amides is 5. The Morgan fingerprint density at radius 1 is 0.821 bits per heavy atom. The standard InChI is InChI=1S/C44H47N5O7/c1-25-18-32(11-8-28(25)21-45)56-42-43(2,3)41(44(42,4)5)55-31-9-6-27(7-10-31)38(52)48-16-14-26(15-17-48)22-47-23-29-19-33-34(20-30(29)24-47)40(54)49(39(33)53)35-12-13-36(50)46-37(35)51/h6-11,18-20,26,35,41-42H,12-17,22-24H2,1-5H3,(H,46,50,51). The van der Waals surface area contributed by atoms with Crippen molar-refractivity contribution in [2.24, 2.45) is 16.7 Å². The summed E-state index contributed by atoms with van der Waals surface area (Å²) in [6, 6.07) is 17.8. The normalized spacial score (nSPS) is 24.2. The van der Waals surface area contributed by atoms with E-state index in [1.54, 1.807) is 18.2 Å². The smallest absolute Gasteiger partial charge is 0.262 e. The number of aryl methyl sites for hydroxylation is 1. The van der Waals surface area contributed by atoms with E-state index in [4.69, 9.17) is 9.47 Å². The van der Waals surface area contributed by atoms with Gasteiger partial charge in [0.25, 0.3) is 17.7 Å². The summed E-state index contributed by atoms with van der Waals surface area (Å²) in [4.78, 5) is 69.5. The van der Waals surface area contributed by atoms with Gasteiger partial charge in [-0.05, 0) is 103 Å². The number of ether oxygens (including phenoxy) is 2. The lowest BCUT2D eigenvalue weighted by Gasteiger charge is -2.62. The second-order valence-corrected chi connectivity index (χ2v) is 17.3. The van der Waals surface area contributed by atoms with Crippen LogP contribution in [0.15, 0.2) is 54.6 Å². The van der Waals surface area contributed by atoms with Crippen molar-refractivity contribution in [3.05, 3.63) is 93.5 Å². The number of carbonyl (C=O) groups excluding carboxylic acids is 5. The molecule has 8 rings (SSSR count). The lowest BCUT2D eigenvalue weighted by atomic mass is 9.51. The Hall–Kier alpha value is -5.54. The third-order valence-corrected chi connectivity index (χ3v) is 12.6. The Morgan fingerprint density at radius 2 is 1.39 bits per heavy atom. The van der Waals surface area contributed by atoms with Crippen LogP contribution < -0.4 is 14.8 Å². The number of fused-ring (bicyclic) bond motifs is 2. The van der Waals surface area contributed by atoms with Crippen molar-refractivity contribution in [1.29, 1.82) is 5.26 Å². The summed E-state index contributed by atoms with van der Waals surface area (Å²) in [5.41, 5.74) is 4.21. The van der Waals surface area contributed by atoms with Crippen LogP contribution in [0.4, 0.5) is 0 Å². The van der Waals surface area contributed by atoms with Crippen LogP contribution in [0.5, 0.6) is 11.5 Å². The highest BCUT2D eigenvalue weighted by atomic mass is 16.5. The minimum atomic E-state index is -0.975. The fraction of sp³-hybridized carbons (Fsp3) is 0.455. The van der Waals surface area contributed by atoms with Crippen LogP contribution >= 0.6 is 0 Å². The van der Waals surface area contributed by atoms with E-state index in [1.165, 1.54) is 0 Å². The van der Waals surface area contributed by atoms with Crippen molar-refractivity contribution in [3.63, 3.8) is 0 Å². The van der Waals surface area contributed by atoms with Crippen molar-refractivity contribution < 1.29 is 33.4 Å². The summed E-state index contributed by atoms with van der Waals surface area (Å²) < 4.78 is 13.0. The predicted octanol–water partition coefficient (Wildman–Crippen LogP) is 5.40. The van der Waals surface area contributed by atoms with Gasteiger partial charge in [0.05, 0.1) is 22.8 Å². The lowest BCUT2D eigenvalue weighted by molar-refractivity contribution is -0.224. The summed E-state index contributed by atoms with van der Waals surface area (Å²) >= 11 is 0. The van der Waals surface area contributed by atoms with Gasteiger partial charge in [-0.3, -0.25) is 39.1 Å². The second-order valence-electron chi connectivity index (χ2n) is 17.3. The van der Waals surface area contributed by atoms with Crippen molar-refractivity contribution >= 4 is 29.5 Å². The zero-order valence-corrected chi connectivity index (χ0v) is 32.5. The Balaban J connectivity index is 0.821. The maximum Gasteiger partial charge on any atom is 0.262 e. The molecule has 1 aliphatic carbocycles. The Bertz CT molecular complexity index is 2140. The fourth-order valence-corrected chi connectivity index (χ4v) is 9.92. The highest BCUT2D eigenvalue weighted by molar-refractivity contribution is 6.23. The van der Waals surface area contributed by atoms with Crippen molar-refractivity contribution in [1.82, 2.24) is 20.0 Å². The van der Waals surface area contributed by atoms with Gasteiger partial charge < -0.3 is 14.4 Å². The van der Waals surface area contributed by atoms with Crippen molar-refractivity contribution in [2.75, 3.05) is 19.6 Å². The first kappa shape index (κ1) is 37.4. The van der Waals surface area contributed by atoms with Crippen LogP contribution in [0.25, 0.3) is 0 Å². The molecule has 1 unspecified atom stereocenters. The maximum atomic E-state index is 13.5. The molecule has 290 valence electrons. The average Bonchev–Trinajstić information content (AvgIpc) is 3.67. The monoisotopic (exact) mass is 757 g/mol. The molecule has 12 heteroatoms. The maximum absolute atomic E-state index is 13.5. The second kappa shape index (κ2) is 13.9. The third kappa shape index (κ3) is 6.41. The topological polar surface area (TPSA) is 149 Å². The quantitative estimate of drug-likeness (QED) is 0.299. The molecular formula is C44H47N5O7. The van der Waals surface area contributed by atoms with Gasteiger partial charge in [-0.2, -0.15) is 5.26 Å². The molecular weight excluding hydrogens is 711 g/mol. The highest BCUT2D eigenvalue weighted by Crippen LogP contribution is 2.57. The molecule has 2 saturated heterocycles. The molecule has 0 radical (unpaired) electrons. The molecule has 0 bridgehead atoms. The molecule has 5 amide bonds. The fourth-order valence-electron chi connectivity index (χ4n) is 9.92. The molecule has 4 heterocycles. The van der Waals surface area contributed by atoms with Crippen molar-refractivity contribution in [3.8, 4) is 17.6 Å². The number of benzene rings is 3. The molecule has 12 nitrogen and oxygen atoms in total. The Morgan fingerprint density at radius 3 is 1.95 bits per heavy atom. The number of imide groups is 2. The number of nitrogens with one attached hydrogen (secondary N) is 1. The van der Waals surface area contributed by atoms with E-state index in [2.05, 4.69) is 44.0 Å². The van der Waals surface area contributed by atoms with Crippen LogP contribution in [0.2, 0.25) is 0 Å². The first-order valence-electron chi connectivity index (χ1n) is 19.5. The van der Waals surface area contributed by atoms with Crippen molar-refractivity contribution in [2.45, 2.75) is 91.6 Å². The Labute approximate surface area is 326 Å². The van der Waals surface area contributed by atoms with E-state index in [0.717, 1.165) is 46.7 Å². The van der Waals surface area contributed by atoms with E-state index in [0.29, 0.717) is 60.1 Å². The molecule has 56 heavy (non-hydrogen) atoms. The zero-order valence-electron chi connectivity index (χ0n) is 32.5. The van der Waals surface area contributed by atoms with E-state index in [9.17, 15) is 29.2 Å². The molecule has 3 fully saturated rings. The van der Waals surface area contributed by atoms with Gasteiger partial charge in [0.15, 0.2) is 0 Å². The molecule has 1 saturated carbocycles. The number of carbonyl (C=O) groups is 5. The largest absolute Gasteiger partial charge is 0.489 e. The van der Waals surface area contributed by atoms with Crippen LogP contribution in [0.1, 0.15) is 107 Å². The average molecular weight is 758 g/mol. The van der Waals surface area contributed by atoms with Gasteiger partial charge in [-0.15, -0.1) is 0 Å². The van der Waals surface area contributed by atoms with Crippen LogP contribution in [0.3, 0.4) is 0 Å². The highest BCUT2D eigenvalue weighted by Gasteiger charge is 2.65. The first-order chi connectivity index (χ1) is 26.6. The molecule has 5 aliphatic rings. The van der Waals surface area contributed by atoms with Gasteiger partial charge in [-0.1, -0.05) is 27.7 Å². The number of nitrogens with zero attached hydrogens (tertiary/aromatic N) is 4. The van der Waals surface area contributed by atoms with Crippen LogP contribution in [-0.2, 0) is 22.7 Å². The number of nitriles is 1. The number of likely N-dealkylation sites (tertiary alicyclic amines) is 1. The number of hydrogen-bond donors (Lipinski definition) is 1. The van der Waals surface area contributed by atoms with Gasteiger partial charge in [-0.25, -0.2) is 0 Å². The summed E-state index contributed by atoms with van der Waals surface area (Å²) in [5.74, 6) is -0.115. The summed E-state index contributed by atoms with van der Waals surface area (Å²) in [6.45, 7) is 14.0. The molecule has 1 atom stereocenters. The van der Waals surface area contributed by atoms with E-state index < -0.39 is 29.7 Å². The van der Waals surface area contributed by atoms with Crippen LogP contribution in [-0.4, -0.2) is 82.1 Å². The van der Waals surface area contributed by atoms with Gasteiger partial charge in [0.2, 0.25) is 11.8 Å². The first-order valence-corrected chi connectivity index (χ1v) is 19.5. The number of hydrogen-bond acceptors (Lipinski definition) is 9. The Kier molecular flexibility index (Phi) is 9.27. The van der Waals surface area contributed by atoms with E-state index in [1.807, 2.05) is 48.2 Å². The third-order valence-electron chi connectivity index (χ3n) is 12.6. The molecule has 3 aromatic carbocycles. The molecule has 0 spiro atoms. The number of rotatable bonds is 8. The molecule has 3 aromatic rings. The minimum Gasteiger partial charge on any atom is -0.489 e. The number of piperidine rings is 2. The zero-order chi connectivity index (χ0) is 39.7. The SMILES string of the molecule is Cc1cc(OC2C(C)(C)C(Oc3ccc(C(=O)N4CCC(CN5Cc6cc7c(cc6C5)C(=O)N(C5CCC(=O)NC5=O)C7=O)CC4)cc3)C2(C)C)ccc1C#N. The van der Waals surface area contributed by atoms with Gasteiger partial charge >= 0.3 is 0 Å². The van der Waals surface area contributed by atoms with Crippen LogP contribution in [0, 0.1) is 35.0 Å². The van der Waals surface area contributed by atoms with E-state index in [-0.39, 0.29) is 41.8 Å². The summed E-state index contributed by atoms with van der Waals surface area (Å²) in [6.07, 6.45) is 1.76. The molecule has 4 aliphatic heterocycles. The summed E-state index contributed by atoms with van der Waals surface area (Å²) in [5, 5.41) is 11.5. The summed E-state index contributed by atoms with van der Waals surface area (Å²) in [7, 11) is 0. The van der Waals surface area contributed by atoms with Gasteiger partial charge in [0.1, 0.15) is 29.7 Å². The van der Waals surface area contributed by atoms with E-state index >= 15 is 0 Å². The van der Waals surface area contributed by atoms with Gasteiger partial charge in [0, 0.05) is 55.5 Å². The molecule has 1 N–H and O–H groups in total. The minimum absolute atomic E-state index is 0.00857. The molecule has 0 aromatic heterocycles.